The monoisotopic (exact) mass is 448 g/mol. The molecule has 4 aromatic rings. The molecule has 2 heterocycles. The number of fused-ring (bicyclic) bond motifs is 1. The fourth-order valence-electron chi connectivity index (χ4n) is 3.82. The maximum absolute atomic E-state index is 14.5. The minimum absolute atomic E-state index is 0.207. The molecule has 0 saturated heterocycles. The van der Waals surface area contributed by atoms with E-state index in [4.69, 9.17) is 16.6 Å². The molecule has 0 aliphatic carbocycles. The van der Waals surface area contributed by atoms with Crippen LogP contribution in [0.2, 0.25) is 5.02 Å². The second-order valence-electron chi connectivity index (χ2n) is 7.61. The van der Waals surface area contributed by atoms with Crippen molar-refractivity contribution in [3.8, 4) is 0 Å². The second kappa shape index (κ2) is 9.96. The van der Waals surface area contributed by atoms with E-state index in [1.54, 1.807) is 12.3 Å². The second-order valence-corrected chi connectivity index (χ2v) is 8.05. The Morgan fingerprint density at radius 2 is 1.81 bits per heavy atom. The van der Waals surface area contributed by atoms with E-state index in [-0.39, 0.29) is 5.82 Å². The lowest BCUT2D eigenvalue weighted by Crippen LogP contribution is -2.23. The first-order valence-electron chi connectivity index (χ1n) is 10.9. The van der Waals surface area contributed by atoms with Gasteiger partial charge in [0.05, 0.1) is 5.52 Å². The van der Waals surface area contributed by atoms with Gasteiger partial charge in [0.15, 0.2) is 0 Å². The van der Waals surface area contributed by atoms with Gasteiger partial charge in [-0.1, -0.05) is 17.7 Å². The predicted molar refractivity (Wildman–Crippen MR) is 132 cm³/mol. The summed E-state index contributed by atoms with van der Waals surface area (Å²) in [6.07, 6.45) is 2.98. The van der Waals surface area contributed by atoms with Gasteiger partial charge < -0.3 is 10.2 Å². The number of benzene rings is 2. The summed E-state index contributed by atoms with van der Waals surface area (Å²) in [7, 11) is 0. The van der Waals surface area contributed by atoms with E-state index in [0.29, 0.717) is 23.4 Å². The van der Waals surface area contributed by atoms with Gasteiger partial charge in [-0.15, -0.1) is 0 Å². The highest BCUT2D eigenvalue weighted by atomic mass is 35.5. The number of hydrogen-bond acceptors (Lipinski definition) is 4. The fraction of sp³-hybridized carbons (Fsp3) is 0.231. The van der Waals surface area contributed by atoms with E-state index < -0.39 is 0 Å². The Hall–Kier alpha value is -3.18. The summed E-state index contributed by atoms with van der Waals surface area (Å²) in [6.45, 7) is 6.05. The van der Waals surface area contributed by atoms with E-state index in [2.05, 4.69) is 29.0 Å². The van der Waals surface area contributed by atoms with Crippen LogP contribution < -0.4 is 10.2 Å². The maximum Gasteiger partial charge on any atom is 0.128 e. The van der Waals surface area contributed by atoms with Crippen molar-refractivity contribution in [2.75, 3.05) is 23.3 Å². The van der Waals surface area contributed by atoms with Gasteiger partial charge >= 0.3 is 0 Å². The fourth-order valence-corrected chi connectivity index (χ4v) is 3.99. The van der Waals surface area contributed by atoms with Crippen LogP contribution in [0.15, 0.2) is 66.9 Å². The Balaban J connectivity index is 1.52. The van der Waals surface area contributed by atoms with Gasteiger partial charge in [-0.05, 0) is 86.8 Å². The third kappa shape index (κ3) is 5.00. The molecule has 0 amide bonds. The van der Waals surface area contributed by atoms with Gasteiger partial charge in [0.25, 0.3) is 0 Å². The molecule has 0 saturated carbocycles. The molecule has 2 aromatic carbocycles. The van der Waals surface area contributed by atoms with Crippen molar-refractivity contribution in [1.82, 2.24) is 9.97 Å². The molecule has 0 aliphatic rings. The molecule has 2 aromatic heterocycles. The van der Waals surface area contributed by atoms with Crippen LogP contribution >= 0.6 is 11.6 Å². The van der Waals surface area contributed by atoms with Crippen LogP contribution in [0, 0.1) is 5.82 Å². The number of aromatic nitrogens is 2. The molecule has 6 heteroatoms. The number of anilines is 3. The van der Waals surface area contributed by atoms with Gasteiger partial charge in [0, 0.05) is 46.8 Å². The van der Waals surface area contributed by atoms with Crippen LogP contribution in [0.25, 0.3) is 10.9 Å². The molecular formula is C26H26ClFN4. The van der Waals surface area contributed by atoms with Crippen LogP contribution in [-0.4, -0.2) is 23.1 Å². The zero-order chi connectivity index (χ0) is 22.5. The molecule has 4 rings (SSSR count). The highest BCUT2D eigenvalue weighted by Gasteiger charge is 2.09. The van der Waals surface area contributed by atoms with Crippen LogP contribution in [0.4, 0.5) is 21.6 Å². The summed E-state index contributed by atoms with van der Waals surface area (Å²) < 4.78 is 14.5. The molecule has 4 nitrogen and oxygen atoms in total. The van der Waals surface area contributed by atoms with E-state index in [1.165, 1.54) is 6.07 Å². The van der Waals surface area contributed by atoms with Crippen LogP contribution in [0.3, 0.4) is 0 Å². The number of halogens is 2. The Morgan fingerprint density at radius 1 is 0.969 bits per heavy atom. The molecule has 0 unspecified atom stereocenters. The first-order valence-corrected chi connectivity index (χ1v) is 11.3. The van der Waals surface area contributed by atoms with E-state index in [9.17, 15) is 4.39 Å². The lowest BCUT2D eigenvalue weighted by Gasteiger charge is -2.20. The SMILES string of the molecule is CCN(CC)c1cccc(CCc2cc(Nc3ccnc4cc(Cl)ccc34)ccc2F)n1. The van der Waals surface area contributed by atoms with Crippen molar-refractivity contribution < 1.29 is 4.39 Å². The van der Waals surface area contributed by atoms with Gasteiger partial charge in [0.2, 0.25) is 0 Å². The smallest absolute Gasteiger partial charge is 0.128 e. The number of nitrogens with one attached hydrogen (secondary N) is 1. The Labute approximate surface area is 193 Å². The summed E-state index contributed by atoms with van der Waals surface area (Å²) in [6, 6.07) is 18.7. The molecule has 0 fully saturated rings. The number of aryl methyl sites for hydroxylation is 2. The lowest BCUT2D eigenvalue weighted by molar-refractivity contribution is 0.608. The van der Waals surface area contributed by atoms with Crippen LogP contribution in [0.5, 0.6) is 0 Å². The van der Waals surface area contributed by atoms with Crippen molar-refractivity contribution in [2.24, 2.45) is 0 Å². The summed E-state index contributed by atoms with van der Waals surface area (Å²) in [4.78, 5) is 11.3. The topological polar surface area (TPSA) is 41.0 Å². The standard InChI is InChI=1S/C26H26ClFN4/c1-3-32(4-2)26-7-5-6-20(31-26)10-8-18-16-21(11-13-23(18)28)30-24-14-15-29-25-17-19(27)9-12-22(24)25/h5-7,9,11-17H,3-4,8,10H2,1-2H3,(H,29,30). The van der Waals surface area contributed by atoms with Crippen molar-refractivity contribution in [3.05, 3.63) is 89.0 Å². The molecule has 0 atom stereocenters. The zero-order valence-electron chi connectivity index (χ0n) is 18.3. The van der Waals surface area contributed by atoms with Gasteiger partial charge in [0.1, 0.15) is 11.6 Å². The first kappa shape index (κ1) is 22.0. The number of nitrogens with zero attached hydrogens (tertiary/aromatic N) is 3. The van der Waals surface area contributed by atoms with Crippen molar-refractivity contribution >= 4 is 39.7 Å². The van der Waals surface area contributed by atoms with Gasteiger partial charge in [-0.25, -0.2) is 9.37 Å². The zero-order valence-corrected chi connectivity index (χ0v) is 19.0. The van der Waals surface area contributed by atoms with Crippen molar-refractivity contribution in [2.45, 2.75) is 26.7 Å². The Bertz CT molecular complexity index is 1220. The predicted octanol–water partition coefficient (Wildman–Crippen LogP) is 6.80. The lowest BCUT2D eigenvalue weighted by atomic mass is 10.1. The molecule has 32 heavy (non-hydrogen) atoms. The minimum Gasteiger partial charge on any atom is -0.357 e. The highest BCUT2D eigenvalue weighted by Crippen LogP contribution is 2.28. The highest BCUT2D eigenvalue weighted by molar-refractivity contribution is 6.31. The third-order valence-corrected chi connectivity index (χ3v) is 5.79. The van der Waals surface area contributed by atoms with E-state index in [0.717, 1.165) is 46.9 Å². The largest absolute Gasteiger partial charge is 0.357 e. The molecule has 0 aliphatic heterocycles. The van der Waals surface area contributed by atoms with Crippen LogP contribution in [-0.2, 0) is 12.8 Å². The number of pyridine rings is 2. The molecule has 0 spiro atoms. The maximum atomic E-state index is 14.5. The summed E-state index contributed by atoms with van der Waals surface area (Å²) >= 11 is 6.09. The van der Waals surface area contributed by atoms with Gasteiger partial charge in [-0.3, -0.25) is 4.98 Å². The summed E-state index contributed by atoms with van der Waals surface area (Å²) in [5.74, 6) is 0.759. The molecule has 0 radical (unpaired) electrons. The first-order chi connectivity index (χ1) is 15.6. The average molecular weight is 449 g/mol. The van der Waals surface area contributed by atoms with Crippen molar-refractivity contribution in [3.63, 3.8) is 0 Å². The number of hydrogen-bond donors (Lipinski definition) is 1. The summed E-state index contributed by atoms with van der Waals surface area (Å²) in [5.41, 5.74) is 4.16. The Kier molecular flexibility index (Phi) is 6.86. The van der Waals surface area contributed by atoms with Crippen molar-refractivity contribution in [1.29, 1.82) is 0 Å². The van der Waals surface area contributed by atoms with Gasteiger partial charge in [-0.2, -0.15) is 0 Å². The molecule has 1 N–H and O–H groups in total. The quantitative estimate of drug-likeness (QED) is 0.322. The number of rotatable bonds is 8. The van der Waals surface area contributed by atoms with Crippen LogP contribution in [0.1, 0.15) is 25.1 Å². The molecule has 0 bridgehead atoms. The third-order valence-electron chi connectivity index (χ3n) is 5.56. The van der Waals surface area contributed by atoms with E-state index >= 15 is 0 Å². The molecule has 164 valence electrons. The normalized spacial score (nSPS) is 11.0. The average Bonchev–Trinajstić information content (AvgIpc) is 2.80. The summed E-state index contributed by atoms with van der Waals surface area (Å²) in [5, 5.41) is 5.00. The Morgan fingerprint density at radius 3 is 2.62 bits per heavy atom. The van der Waals surface area contributed by atoms with E-state index in [1.807, 2.05) is 48.5 Å². The minimum atomic E-state index is -0.207. The molecular weight excluding hydrogens is 423 g/mol.